The van der Waals surface area contributed by atoms with Crippen molar-refractivity contribution in [3.63, 3.8) is 0 Å². The third-order valence-electron chi connectivity index (χ3n) is 2.94. The van der Waals surface area contributed by atoms with Gasteiger partial charge in [-0.05, 0) is 30.5 Å². The van der Waals surface area contributed by atoms with Gasteiger partial charge in [-0.3, -0.25) is 0 Å². The molecule has 0 fully saturated rings. The molecule has 0 aliphatic rings. The molecule has 3 rings (SSSR count). The summed E-state index contributed by atoms with van der Waals surface area (Å²) < 4.78 is 15.7. The number of nitrogens with zero attached hydrogens (tertiary/aromatic N) is 2. The Balaban J connectivity index is 1.65. The van der Waals surface area contributed by atoms with Gasteiger partial charge in [0.2, 0.25) is 5.82 Å². The molecule has 7 heteroatoms. The van der Waals surface area contributed by atoms with E-state index in [4.69, 9.17) is 14.0 Å². The monoisotopic (exact) mass is 330 g/mol. The van der Waals surface area contributed by atoms with Gasteiger partial charge in [-0.2, -0.15) is 4.98 Å². The summed E-state index contributed by atoms with van der Waals surface area (Å²) in [4.78, 5) is 17.3. The van der Waals surface area contributed by atoms with E-state index in [9.17, 15) is 4.79 Å². The molecule has 0 aliphatic heterocycles. The topological polar surface area (TPSA) is 74.5 Å². The van der Waals surface area contributed by atoms with Crippen molar-refractivity contribution >= 4 is 17.3 Å². The molecule has 0 radical (unpaired) electrons. The fourth-order valence-corrected chi connectivity index (χ4v) is 2.59. The summed E-state index contributed by atoms with van der Waals surface area (Å²) in [5.41, 5.74) is 0.368. The van der Waals surface area contributed by atoms with Gasteiger partial charge in [-0.15, -0.1) is 11.3 Å². The van der Waals surface area contributed by atoms with Crippen molar-refractivity contribution in [2.24, 2.45) is 0 Å². The van der Waals surface area contributed by atoms with Gasteiger partial charge in [0.05, 0.1) is 11.5 Å². The van der Waals surface area contributed by atoms with E-state index in [0.717, 1.165) is 4.88 Å². The van der Waals surface area contributed by atoms with Crippen molar-refractivity contribution in [3.8, 4) is 16.5 Å². The molecular weight excluding hydrogens is 316 g/mol. The first kappa shape index (κ1) is 15.2. The smallest absolute Gasteiger partial charge is 0.342 e. The molecule has 0 spiro atoms. The second-order valence-electron chi connectivity index (χ2n) is 4.49. The zero-order chi connectivity index (χ0) is 16.1. The number of ether oxygens (including phenoxy) is 2. The fourth-order valence-electron chi connectivity index (χ4n) is 1.94. The van der Waals surface area contributed by atoms with Crippen LogP contribution >= 0.6 is 11.3 Å². The van der Waals surface area contributed by atoms with Crippen LogP contribution in [0.25, 0.3) is 10.7 Å². The molecule has 0 amide bonds. The van der Waals surface area contributed by atoms with Crippen molar-refractivity contribution in [2.75, 3.05) is 6.61 Å². The molecule has 0 saturated carbocycles. The van der Waals surface area contributed by atoms with Crippen LogP contribution in [0.15, 0.2) is 46.3 Å². The van der Waals surface area contributed by atoms with E-state index in [2.05, 4.69) is 10.1 Å². The number of hydrogen-bond donors (Lipinski definition) is 0. The number of carbonyl (C=O) groups is 1. The highest BCUT2D eigenvalue weighted by Gasteiger charge is 2.16. The van der Waals surface area contributed by atoms with Crippen LogP contribution in [0.3, 0.4) is 0 Å². The summed E-state index contributed by atoms with van der Waals surface area (Å²) in [6, 6.07) is 10.7. The van der Waals surface area contributed by atoms with Gasteiger partial charge in [0.1, 0.15) is 11.3 Å². The van der Waals surface area contributed by atoms with Gasteiger partial charge in [-0.25, -0.2) is 4.79 Å². The summed E-state index contributed by atoms with van der Waals surface area (Å²) in [6.45, 7) is 2.24. The van der Waals surface area contributed by atoms with E-state index in [-0.39, 0.29) is 12.5 Å². The maximum atomic E-state index is 12.2. The minimum atomic E-state index is -0.495. The standard InChI is InChI=1S/C16H14N2O4S/c1-2-20-12-7-4-3-6-11(12)16(19)21-10-14-17-15(18-22-14)13-8-5-9-23-13/h3-9H,2,10H2,1H3. The number of thiophene rings is 1. The number of esters is 1. The molecule has 1 aromatic carbocycles. The van der Waals surface area contributed by atoms with Crippen LogP contribution in [0.2, 0.25) is 0 Å². The SMILES string of the molecule is CCOc1ccccc1C(=O)OCc1nc(-c2cccs2)no1. The third-order valence-corrected chi connectivity index (χ3v) is 3.81. The molecule has 0 unspecified atom stereocenters. The normalized spacial score (nSPS) is 10.5. The van der Waals surface area contributed by atoms with Crippen LogP contribution in [0.5, 0.6) is 5.75 Å². The maximum absolute atomic E-state index is 12.2. The Morgan fingerprint density at radius 3 is 2.91 bits per heavy atom. The first-order chi connectivity index (χ1) is 11.3. The lowest BCUT2D eigenvalue weighted by molar-refractivity contribution is 0.0425. The average molecular weight is 330 g/mol. The van der Waals surface area contributed by atoms with Crippen molar-refractivity contribution in [2.45, 2.75) is 13.5 Å². The molecule has 0 aliphatic carbocycles. The van der Waals surface area contributed by atoms with Crippen LogP contribution in [0, 0.1) is 0 Å². The quantitative estimate of drug-likeness (QED) is 0.643. The zero-order valence-electron chi connectivity index (χ0n) is 12.4. The van der Waals surface area contributed by atoms with E-state index < -0.39 is 5.97 Å². The lowest BCUT2D eigenvalue weighted by Gasteiger charge is -2.08. The Labute approximate surface area is 136 Å². The van der Waals surface area contributed by atoms with Crippen LogP contribution in [0.4, 0.5) is 0 Å². The number of benzene rings is 1. The Hall–Kier alpha value is -2.67. The highest BCUT2D eigenvalue weighted by molar-refractivity contribution is 7.13. The van der Waals surface area contributed by atoms with Crippen LogP contribution in [-0.2, 0) is 11.3 Å². The number of carbonyl (C=O) groups excluding carboxylic acids is 1. The van der Waals surface area contributed by atoms with E-state index in [1.807, 2.05) is 24.4 Å². The largest absolute Gasteiger partial charge is 0.493 e. The Morgan fingerprint density at radius 1 is 1.26 bits per heavy atom. The summed E-state index contributed by atoms with van der Waals surface area (Å²) >= 11 is 1.51. The maximum Gasteiger partial charge on any atom is 0.342 e. The summed E-state index contributed by atoms with van der Waals surface area (Å²) in [6.07, 6.45) is 0. The van der Waals surface area contributed by atoms with Gasteiger partial charge in [0, 0.05) is 0 Å². The lowest BCUT2D eigenvalue weighted by atomic mass is 10.2. The molecule has 6 nitrogen and oxygen atoms in total. The van der Waals surface area contributed by atoms with E-state index >= 15 is 0 Å². The Bertz CT molecular complexity index is 783. The number of rotatable bonds is 6. The summed E-state index contributed by atoms with van der Waals surface area (Å²) in [5, 5.41) is 5.79. The Morgan fingerprint density at radius 2 is 2.13 bits per heavy atom. The van der Waals surface area contributed by atoms with Gasteiger partial charge in [-0.1, -0.05) is 23.4 Å². The van der Waals surface area contributed by atoms with E-state index in [0.29, 0.717) is 23.7 Å². The van der Waals surface area contributed by atoms with Crippen molar-refractivity contribution in [1.29, 1.82) is 0 Å². The fraction of sp³-hybridized carbons (Fsp3) is 0.188. The molecule has 0 saturated heterocycles. The number of hydrogen-bond acceptors (Lipinski definition) is 7. The minimum Gasteiger partial charge on any atom is -0.493 e. The summed E-state index contributed by atoms with van der Waals surface area (Å²) in [5.74, 6) is 0.728. The van der Waals surface area contributed by atoms with Crippen molar-refractivity contribution < 1.29 is 18.8 Å². The molecule has 2 heterocycles. The molecule has 118 valence electrons. The first-order valence-electron chi connectivity index (χ1n) is 7.03. The number of aromatic nitrogens is 2. The first-order valence-corrected chi connectivity index (χ1v) is 7.91. The van der Waals surface area contributed by atoms with Crippen LogP contribution in [-0.4, -0.2) is 22.7 Å². The molecule has 0 atom stereocenters. The van der Waals surface area contributed by atoms with Gasteiger partial charge < -0.3 is 14.0 Å². The molecule has 0 N–H and O–H groups in total. The summed E-state index contributed by atoms with van der Waals surface area (Å²) in [7, 11) is 0. The molecule has 23 heavy (non-hydrogen) atoms. The number of para-hydroxylation sites is 1. The molecular formula is C16H14N2O4S. The highest BCUT2D eigenvalue weighted by Crippen LogP contribution is 2.22. The van der Waals surface area contributed by atoms with E-state index in [1.54, 1.807) is 24.3 Å². The predicted molar refractivity (Wildman–Crippen MR) is 84.3 cm³/mol. The van der Waals surface area contributed by atoms with Gasteiger partial charge >= 0.3 is 5.97 Å². The molecule has 0 bridgehead atoms. The average Bonchev–Trinajstić information content (AvgIpc) is 3.24. The highest BCUT2D eigenvalue weighted by atomic mass is 32.1. The second-order valence-corrected chi connectivity index (χ2v) is 5.44. The van der Waals surface area contributed by atoms with Gasteiger partial charge in [0.25, 0.3) is 5.89 Å². The second kappa shape index (κ2) is 7.06. The van der Waals surface area contributed by atoms with E-state index in [1.165, 1.54) is 11.3 Å². The zero-order valence-corrected chi connectivity index (χ0v) is 13.2. The molecule has 2 aromatic heterocycles. The molecule has 3 aromatic rings. The third kappa shape index (κ3) is 3.57. The van der Waals surface area contributed by atoms with Crippen LogP contribution < -0.4 is 4.74 Å². The van der Waals surface area contributed by atoms with Crippen molar-refractivity contribution in [1.82, 2.24) is 10.1 Å². The predicted octanol–water partition coefficient (Wildman–Crippen LogP) is 3.55. The minimum absolute atomic E-state index is 0.0856. The van der Waals surface area contributed by atoms with Gasteiger partial charge in [0.15, 0.2) is 6.61 Å². The Kier molecular flexibility index (Phi) is 4.68. The lowest BCUT2D eigenvalue weighted by Crippen LogP contribution is -2.08. The van der Waals surface area contributed by atoms with Crippen molar-refractivity contribution in [3.05, 3.63) is 53.2 Å². The van der Waals surface area contributed by atoms with Crippen LogP contribution in [0.1, 0.15) is 23.2 Å².